The fourth-order valence-corrected chi connectivity index (χ4v) is 4.65. The molecule has 35 heavy (non-hydrogen) atoms. The van der Waals surface area contributed by atoms with Crippen molar-refractivity contribution in [2.45, 2.75) is 25.3 Å². The minimum atomic E-state index is -4.00. The lowest BCUT2D eigenvalue weighted by Gasteiger charge is -2.21. The molecule has 0 aliphatic carbocycles. The maximum absolute atomic E-state index is 13.3. The van der Waals surface area contributed by atoms with Gasteiger partial charge in [-0.2, -0.15) is 9.41 Å². The van der Waals surface area contributed by atoms with Crippen molar-refractivity contribution in [1.29, 1.82) is 0 Å². The van der Waals surface area contributed by atoms with Crippen LogP contribution in [0.1, 0.15) is 23.6 Å². The van der Waals surface area contributed by atoms with E-state index in [1.54, 1.807) is 19.1 Å². The molecule has 0 saturated heterocycles. The Morgan fingerprint density at radius 3 is 2.46 bits per heavy atom. The molecule has 0 radical (unpaired) electrons. The van der Waals surface area contributed by atoms with E-state index in [2.05, 4.69) is 10.5 Å². The topological polar surface area (TPSA) is 108 Å². The van der Waals surface area contributed by atoms with E-state index in [4.69, 9.17) is 16.3 Å². The molecule has 0 aliphatic heterocycles. The first kappa shape index (κ1) is 26.2. The molecule has 0 aliphatic rings. The molecule has 1 amide bonds. The van der Waals surface area contributed by atoms with Gasteiger partial charge >= 0.3 is 0 Å². The van der Waals surface area contributed by atoms with Gasteiger partial charge in [0.2, 0.25) is 10.0 Å². The lowest BCUT2D eigenvalue weighted by atomic mass is 10.1. The number of phenols is 1. The van der Waals surface area contributed by atoms with Gasteiger partial charge in [-0.3, -0.25) is 4.79 Å². The Balaban J connectivity index is 1.77. The highest BCUT2D eigenvalue weighted by Crippen LogP contribution is 2.26. The normalized spacial score (nSPS) is 11.7. The van der Waals surface area contributed by atoms with Gasteiger partial charge in [0.05, 0.1) is 24.3 Å². The molecule has 0 saturated carbocycles. The molecule has 8 nitrogen and oxygen atoms in total. The van der Waals surface area contributed by atoms with Gasteiger partial charge in [-0.05, 0) is 67.4 Å². The lowest BCUT2D eigenvalue weighted by molar-refractivity contribution is -0.121. The summed E-state index contributed by atoms with van der Waals surface area (Å²) in [6, 6.07) is 17.8. The van der Waals surface area contributed by atoms with E-state index in [1.807, 2.05) is 31.2 Å². The molecule has 0 unspecified atom stereocenters. The number of halogens is 1. The number of hydrazone groups is 1. The first-order valence-corrected chi connectivity index (χ1v) is 12.6. The summed E-state index contributed by atoms with van der Waals surface area (Å²) in [5.74, 6) is -0.331. The molecule has 0 heterocycles. The van der Waals surface area contributed by atoms with E-state index in [0.717, 1.165) is 15.4 Å². The van der Waals surface area contributed by atoms with Crippen LogP contribution in [0, 0.1) is 6.92 Å². The highest BCUT2D eigenvalue weighted by Gasteiger charge is 2.27. The highest BCUT2D eigenvalue weighted by atomic mass is 35.5. The molecular formula is C25H26ClN3O5S. The van der Waals surface area contributed by atoms with Crippen LogP contribution in [0.3, 0.4) is 0 Å². The molecule has 10 heteroatoms. The van der Waals surface area contributed by atoms with Crippen LogP contribution in [0.5, 0.6) is 11.5 Å². The number of aryl methyl sites for hydroxylation is 1. The van der Waals surface area contributed by atoms with Crippen molar-refractivity contribution in [2.24, 2.45) is 5.10 Å². The molecule has 0 aromatic heterocycles. The van der Waals surface area contributed by atoms with Crippen molar-refractivity contribution in [3.05, 3.63) is 88.4 Å². The number of aromatic hydroxyl groups is 1. The number of carbonyl (C=O) groups excluding carboxylic acids is 1. The summed E-state index contributed by atoms with van der Waals surface area (Å²) < 4.78 is 33.0. The second kappa shape index (κ2) is 11.8. The largest absolute Gasteiger partial charge is 0.504 e. The Kier molecular flexibility index (Phi) is 8.86. The minimum absolute atomic E-state index is 0.00193. The van der Waals surface area contributed by atoms with Crippen molar-refractivity contribution in [1.82, 2.24) is 9.73 Å². The number of amides is 1. The molecule has 184 valence electrons. The minimum Gasteiger partial charge on any atom is -0.504 e. The number of carbonyl (C=O) groups is 1. The van der Waals surface area contributed by atoms with Crippen LogP contribution in [0.25, 0.3) is 0 Å². The van der Waals surface area contributed by atoms with Gasteiger partial charge in [0.1, 0.15) is 0 Å². The Labute approximate surface area is 209 Å². The fraction of sp³-hybridized carbons (Fsp3) is 0.200. The summed E-state index contributed by atoms with van der Waals surface area (Å²) in [7, 11) is -4.00. The Hall–Kier alpha value is -3.40. The summed E-state index contributed by atoms with van der Waals surface area (Å²) >= 11 is 5.90. The maximum atomic E-state index is 13.3. The molecule has 0 fully saturated rings. The molecule has 0 bridgehead atoms. The summed E-state index contributed by atoms with van der Waals surface area (Å²) in [5, 5.41) is 14.1. The van der Waals surface area contributed by atoms with Crippen LogP contribution in [0.2, 0.25) is 5.02 Å². The number of hydrogen-bond acceptors (Lipinski definition) is 6. The third-order valence-electron chi connectivity index (χ3n) is 4.94. The average Bonchev–Trinajstić information content (AvgIpc) is 2.82. The quantitative estimate of drug-likeness (QED) is 0.312. The van der Waals surface area contributed by atoms with E-state index >= 15 is 0 Å². The SMILES string of the molecule is CCOc1cc(/C=N\NC(=O)CN(Cc2ccc(C)cc2)S(=O)(=O)c2ccc(Cl)cc2)ccc1O. The van der Waals surface area contributed by atoms with Crippen molar-refractivity contribution >= 4 is 33.7 Å². The van der Waals surface area contributed by atoms with E-state index in [0.29, 0.717) is 22.9 Å². The molecule has 3 aromatic rings. The standard InChI is InChI=1S/C25H26ClN3O5S/c1-3-34-24-14-20(8-13-23(24)30)15-27-28-25(31)17-29(16-19-6-4-18(2)5-7-19)35(32,33)22-11-9-21(26)10-12-22/h4-15,30H,3,16-17H2,1-2H3,(H,28,31)/b27-15-. The zero-order valence-electron chi connectivity index (χ0n) is 19.3. The number of nitrogens with zero attached hydrogens (tertiary/aromatic N) is 2. The number of sulfonamides is 1. The molecule has 2 N–H and O–H groups in total. The maximum Gasteiger partial charge on any atom is 0.255 e. The van der Waals surface area contributed by atoms with Crippen molar-refractivity contribution in [3.8, 4) is 11.5 Å². The van der Waals surface area contributed by atoms with Crippen LogP contribution in [-0.2, 0) is 21.4 Å². The summed E-state index contributed by atoms with van der Waals surface area (Å²) in [4.78, 5) is 12.7. The number of hydrogen-bond donors (Lipinski definition) is 2. The zero-order chi connectivity index (χ0) is 25.4. The van der Waals surface area contributed by atoms with Crippen LogP contribution in [0.4, 0.5) is 0 Å². The van der Waals surface area contributed by atoms with Gasteiger partial charge in [0.25, 0.3) is 5.91 Å². The second-order valence-corrected chi connectivity index (χ2v) is 10.0. The third kappa shape index (κ3) is 7.29. The van der Waals surface area contributed by atoms with E-state index in [1.165, 1.54) is 36.5 Å². The molecule has 3 rings (SSSR count). The third-order valence-corrected chi connectivity index (χ3v) is 7.00. The lowest BCUT2D eigenvalue weighted by Crippen LogP contribution is -2.39. The summed E-state index contributed by atoms with van der Waals surface area (Å²) in [5.41, 5.74) is 4.71. The molecule has 0 spiro atoms. The number of rotatable bonds is 10. The van der Waals surface area contributed by atoms with Crippen molar-refractivity contribution in [2.75, 3.05) is 13.2 Å². The van der Waals surface area contributed by atoms with Crippen LogP contribution < -0.4 is 10.2 Å². The van der Waals surface area contributed by atoms with Crippen molar-refractivity contribution < 1.29 is 23.1 Å². The average molecular weight is 516 g/mol. The predicted octanol–water partition coefficient (Wildman–Crippen LogP) is 4.09. The van der Waals surface area contributed by atoms with Crippen LogP contribution in [0.15, 0.2) is 76.7 Å². The number of benzene rings is 3. The predicted molar refractivity (Wildman–Crippen MR) is 135 cm³/mol. The first-order chi connectivity index (χ1) is 16.7. The number of nitrogens with one attached hydrogen (secondary N) is 1. The molecular weight excluding hydrogens is 490 g/mol. The second-order valence-electron chi connectivity index (χ2n) is 7.67. The van der Waals surface area contributed by atoms with Crippen LogP contribution in [-0.4, -0.2) is 43.1 Å². The summed E-state index contributed by atoms with van der Waals surface area (Å²) in [6.45, 7) is 3.65. The van der Waals surface area contributed by atoms with Gasteiger partial charge in [-0.1, -0.05) is 41.4 Å². The highest BCUT2D eigenvalue weighted by molar-refractivity contribution is 7.89. The van der Waals surface area contributed by atoms with E-state index in [-0.39, 0.29) is 17.2 Å². The fourth-order valence-electron chi connectivity index (χ4n) is 3.14. The van der Waals surface area contributed by atoms with Gasteiger partial charge in [0.15, 0.2) is 11.5 Å². The van der Waals surface area contributed by atoms with Crippen molar-refractivity contribution in [3.63, 3.8) is 0 Å². The number of phenolic OH excluding ortho intramolecular Hbond substituents is 1. The zero-order valence-corrected chi connectivity index (χ0v) is 20.9. The van der Waals surface area contributed by atoms with Crippen LogP contribution >= 0.6 is 11.6 Å². The van der Waals surface area contributed by atoms with Gasteiger partial charge in [-0.15, -0.1) is 0 Å². The first-order valence-electron chi connectivity index (χ1n) is 10.8. The smallest absolute Gasteiger partial charge is 0.255 e. The Morgan fingerprint density at radius 2 is 1.80 bits per heavy atom. The molecule has 0 atom stereocenters. The monoisotopic (exact) mass is 515 g/mol. The van der Waals surface area contributed by atoms with Gasteiger partial charge < -0.3 is 9.84 Å². The van der Waals surface area contributed by atoms with Gasteiger partial charge in [-0.25, -0.2) is 13.8 Å². The Bertz CT molecular complexity index is 1290. The molecule has 3 aromatic carbocycles. The number of ether oxygens (including phenoxy) is 1. The van der Waals surface area contributed by atoms with E-state index in [9.17, 15) is 18.3 Å². The Morgan fingerprint density at radius 1 is 1.11 bits per heavy atom. The van der Waals surface area contributed by atoms with E-state index < -0.39 is 22.5 Å². The summed E-state index contributed by atoms with van der Waals surface area (Å²) in [6.07, 6.45) is 1.37. The van der Waals surface area contributed by atoms with Gasteiger partial charge in [0, 0.05) is 11.6 Å².